The highest BCUT2D eigenvalue weighted by Gasteiger charge is 2.23. The van der Waals surface area contributed by atoms with E-state index in [4.69, 9.17) is 4.74 Å². The van der Waals surface area contributed by atoms with Crippen LogP contribution in [0.5, 0.6) is 0 Å². The molecular weight excluding hydrogens is 296 g/mol. The summed E-state index contributed by atoms with van der Waals surface area (Å²) in [5, 5.41) is 7.42. The fourth-order valence-electron chi connectivity index (χ4n) is 3.28. The maximum absolute atomic E-state index is 12.1. The molecule has 0 fully saturated rings. The number of carbonyl (C=O) groups excluding carboxylic acids is 1. The summed E-state index contributed by atoms with van der Waals surface area (Å²) in [6.07, 6.45) is 0. The number of hydrogen-bond donors (Lipinski definition) is 0. The van der Waals surface area contributed by atoms with Crippen molar-refractivity contribution in [2.45, 2.75) is 27.4 Å². The zero-order chi connectivity index (χ0) is 16.9. The molecule has 24 heavy (non-hydrogen) atoms. The number of ether oxygens (including phenoxy) is 1. The van der Waals surface area contributed by atoms with Crippen LogP contribution in [0.4, 0.5) is 0 Å². The van der Waals surface area contributed by atoms with Gasteiger partial charge in [-0.2, -0.15) is 0 Å². The lowest BCUT2D eigenvalue weighted by Crippen LogP contribution is -2.22. The van der Waals surface area contributed by atoms with Gasteiger partial charge in [0.2, 0.25) is 0 Å². The minimum absolute atomic E-state index is 0.173. The lowest BCUT2D eigenvalue weighted by Gasteiger charge is -2.18. The summed E-state index contributed by atoms with van der Waals surface area (Å²) in [6, 6.07) is 19.2. The van der Waals surface area contributed by atoms with E-state index >= 15 is 0 Å². The van der Waals surface area contributed by atoms with Gasteiger partial charge in [0, 0.05) is 0 Å². The van der Waals surface area contributed by atoms with Gasteiger partial charge in [-0.25, -0.2) is 0 Å². The molecule has 2 nitrogen and oxygen atoms in total. The molecule has 4 aromatic carbocycles. The topological polar surface area (TPSA) is 26.3 Å². The molecular formula is C22H20O2. The maximum Gasteiger partial charge on any atom is 0.311 e. The molecule has 0 spiro atoms. The largest absolute Gasteiger partial charge is 0.460 e. The van der Waals surface area contributed by atoms with Crippen molar-refractivity contribution >= 4 is 38.3 Å². The number of esters is 1. The summed E-state index contributed by atoms with van der Waals surface area (Å²) in [6.45, 7) is 5.93. The van der Waals surface area contributed by atoms with Gasteiger partial charge in [0.15, 0.2) is 0 Å². The summed E-state index contributed by atoms with van der Waals surface area (Å²) in [4.78, 5) is 12.1. The number of rotatable bonds is 2. The van der Waals surface area contributed by atoms with Gasteiger partial charge in [-0.15, -0.1) is 0 Å². The minimum Gasteiger partial charge on any atom is -0.460 e. The molecule has 0 bridgehead atoms. The quantitative estimate of drug-likeness (QED) is 0.351. The molecule has 0 atom stereocenters. The van der Waals surface area contributed by atoms with Crippen molar-refractivity contribution in [2.75, 3.05) is 0 Å². The first-order valence-electron chi connectivity index (χ1n) is 8.28. The van der Waals surface area contributed by atoms with Crippen molar-refractivity contribution < 1.29 is 9.53 Å². The summed E-state index contributed by atoms with van der Waals surface area (Å²) in [7, 11) is 0. The van der Waals surface area contributed by atoms with Crippen LogP contribution in [0.25, 0.3) is 32.3 Å². The average molecular weight is 316 g/mol. The summed E-state index contributed by atoms with van der Waals surface area (Å²) in [5.41, 5.74) is 0.572. The molecule has 0 aliphatic carbocycles. The van der Waals surface area contributed by atoms with Crippen molar-refractivity contribution in [1.82, 2.24) is 0 Å². The van der Waals surface area contributed by atoms with Crippen LogP contribution in [-0.2, 0) is 16.1 Å². The number of hydrogen-bond acceptors (Lipinski definition) is 2. The Morgan fingerprint density at radius 3 is 2.08 bits per heavy atom. The SMILES string of the molecule is CC(C)(C)C(=O)OCc1ccc2ccc3cccc4ccc1c2c34. The average Bonchev–Trinajstić information content (AvgIpc) is 2.57. The van der Waals surface area contributed by atoms with Crippen molar-refractivity contribution in [2.24, 2.45) is 5.41 Å². The zero-order valence-electron chi connectivity index (χ0n) is 14.2. The lowest BCUT2D eigenvalue weighted by atomic mass is 9.92. The molecule has 0 saturated heterocycles. The first-order valence-corrected chi connectivity index (χ1v) is 8.28. The van der Waals surface area contributed by atoms with Crippen LogP contribution in [0, 0.1) is 5.41 Å². The van der Waals surface area contributed by atoms with Gasteiger partial charge in [-0.3, -0.25) is 4.79 Å². The molecule has 120 valence electrons. The number of benzene rings is 4. The Balaban J connectivity index is 1.87. The second kappa shape index (κ2) is 5.20. The van der Waals surface area contributed by atoms with Crippen LogP contribution < -0.4 is 0 Å². The van der Waals surface area contributed by atoms with Crippen molar-refractivity contribution in [3.63, 3.8) is 0 Å². The van der Waals surface area contributed by atoms with E-state index in [0.717, 1.165) is 5.56 Å². The van der Waals surface area contributed by atoms with E-state index in [2.05, 4.69) is 54.6 Å². The second-order valence-corrected chi connectivity index (χ2v) is 7.41. The van der Waals surface area contributed by atoms with Crippen LogP contribution in [-0.4, -0.2) is 5.97 Å². The monoisotopic (exact) mass is 316 g/mol. The number of carbonyl (C=O) groups is 1. The van der Waals surface area contributed by atoms with Gasteiger partial charge in [-0.1, -0.05) is 54.6 Å². The smallest absolute Gasteiger partial charge is 0.311 e. The Hall–Kier alpha value is -2.61. The Bertz CT molecular complexity index is 1040. The van der Waals surface area contributed by atoms with Gasteiger partial charge in [-0.05, 0) is 58.7 Å². The first kappa shape index (κ1) is 14.9. The maximum atomic E-state index is 12.1. The van der Waals surface area contributed by atoms with Crippen molar-refractivity contribution in [1.29, 1.82) is 0 Å². The Morgan fingerprint density at radius 1 is 0.833 bits per heavy atom. The molecule has 0 aromatic heterocycles. The zero-order valence-corrected chi connectivity index (χ0v) is 14.2. The van der Waals surface area contributed by atoms with E-state index in [1.54, 1.807) is 0 Å². The van der Waals surface area contributed by atoms with Gasteiger partial charge in [0.25, 0.3) is 0 Å². The molecule has 0 unspecified atom stereocenters. The minimum atomic E-state index is -0.482. The molecule has 4 aromatic rings. The highest BCUT2D eigenvalue weighted by molar-refractivity contribution is 6.23. The van der Waals surface area contributed by atoms with Crippen LogP contribution >= 0.6 is 0 Å². The van der Waals surface area contributed by atoms with Gasteiger partial charge >= 0.3 is 5.97 Å². The predicted molar refractivity (Wildman–Crippen MR) is 99.4 cm³/mol. The molecule has 0 heterocycles. The standard InChI is InChI=1S/C22H20O2/c1-22(2,3)21(23)24-13-17-10-9-16-8-7-14-5-4-6-15-11-12-18(17)20(16)19(14)15/h4-12H,13H2,1-3H3. The summed E-state index contributed by atoms with van der Waals surface area (Å²) >= 11 is 0. The van der Waals surface area contributed by atoms with E-state index in [1.165, 1.54) is 32.3 Å². The summed E-state index contributed by atoms with van der Waals surface area (Å²) in [5.74, 6) is -0.173. The predicted octanol–water partition coefficient (Wildman–Crippen LogP) is 5.67. The Kier molecular flexibility index (Phi) is 3.24. The third kappa shape index (κ3) is 2.30. The molecule has 4 rings (SSSR count). The van der Waals surface area contributed by atoms with Crippen LogP contribution in [0.2, 0.25) is 0 Å². The fourth-order valence-corrected chi connectivity index (χ4v) is 3.28. The Morgan fingerprint density at radius 2 is 1.42 bits per heavy atom. The van der Waals surface area contributed by atoms with E-state index in [1.807, 2.05) is 20.8 Å². The van der Waals surface area contributed by atoms with Gasteiger partial charge in [0.05, 0.1) is 5.41 Å². The van der Waals surface area contributed by atoms with Crippen LogP contribution in [0.15, 0.2) is 54.6 Å². The lowest BCUT2D eigenvalue weighted by molar-refractivity contribution is -0.154. The molecule has 0 radical (unpaired) electrons. The van der Waals surface area contributed by atoms with E-state index in [9.17, 15) is 4.79 Å². The van der Waals surface area contributed by atoms with E-state index < -0.39 is 5.41 Å². The molecule has 0 aliphatic rings. The van der Waals surface area contributed by atoms with E-state index in [-0.39, 0.29) is 5.97 Å². The Labute approximate surface area is 141 Å². The van der Waals surface area contributed by atoms with Crippen molar-refractivity contribution in [3.8, 4) is 0 Å². The van der Waals surface area contributed by atoms with Crippen LogP contribution in [0.3, 0.4) is 0 Å². The van der Waals surface area contributed by atoms with Gasteiger partial charge < -0.3 is 4.74 Å². The van der Waals surface area contributed by atoms with Gasteiger partial charge in [0.1, 0.15) is 6.61 Å². The van der Waals surface area contributed by atoms with E-state index in [0.29, 0.717) is 6.61 Å². The first-order chi connectivity index (χ1) is 11.4. The normalized spacial score (nSPS) is 12.3. The molecule has 0 amide bonds. The van der Waals surface area contributed by atoms with Crippen LogP contribution in [0.1, 0.15) is 26.3 Å². The molecule has 0 saturated carbocycles. The molecule has 0 aliphatic heterocycles. The highest BCUT2D eigenvalue weighted by atomic mass is 16.5. The highest BCUT2D eigenvalue weighted by Crippen LogP contribution is 2.36. The molecule has 0 N–H and O–H groups in total. The second-order valence-electron chi connectivity index (χ2n) is 7.41. The third-order valence-corrected chi connectivity index (χ3v) is 4.59. The summed E-state index contributed by atoms with van der Waals surface area (Å²) < 4.78 is 5.54. The van der Waals surface area contributed by atoms with Crippen molar-refractivity contribution in [3.05, 3.63) is 60.2 Å². The molecule has 2 heteroatoms. The fraction of sp³-hybridized carbons (Fsp3) is 0.227. The third-order valence-electron chi connectivity index (χ3n) is 4.59.